The van der Waals surface area contributed by atoms with E-state index in [0.29, 0.717) is 5.56 Å². The van der Waals surface area contributed by atoms with E-state index in [0.717, 1.165) is 0 Å². The summed E-state index contributed by atoms with van der Waals surface area (Å²) in [6.45, 7) is -2.98. The van der Waals surface area contributed by atoms with Crippen LogP contribution in [0, 0.1) is 11.3 Å². The molecule has 6 heteroatoms. The van der Waals surface area contributed by atoms with Crippen molar-refractivity contribution in [1.29, 1.82) is 5.26 Å². The van der Waals surface area contributed by atoms with E-state index in [4.69, 9.17) is 16.9 Å². The Kier molecular flexibility index (Phi) is 3.60. The lowest BCUT2D eigenvalue weighted by Gasteiger charge is -2.08. The highest BCUT2D eigenvalue weighted by molar-refractivity contribution is 6.30. The van der Waals surface area contributed by atoms with Crippen LogP contribution in [-0.2, 0) is 6.42 Å². The van der Waals surface area contributed by atoms with Gasteiger partial charge in [0.2, 0.25) is 0 Å². The molecule has 0 aliphatic rings. The molecule has 0 atom stereocenters. The summed E-state index contributed by atoms with van der Waals surface area (Å²) in [5, 5.41) is 8.24. The number of ether oxygens (including phenoxy) is 1. The third-order valence-corrected chi connectivity index (χ3v) is 1.69. The molecule has 0 N–H and O–H groups in total. The third kappa shape index (κ3) is 2.54. The second-order valence-corrected chi connectivity index (χ2v) is 2.66. The van der Waals surface area contributed by atoms with Gasteiger partial charge in [-0.3, -0.25) is 0 Å². The van der Waals surface area contributed by atoms with Gasteiger partial charge in [0.25, 0.3) is 0 Å². The van der Waals surface area contributed by atoms with Crippen LogP contribution in [0.5, 0.6) is 5.75 Å². The van der Waals surface area contributed by atoms with Crippen molar-refractivity contribution in [1.82, 2.24) is 4.98 Å². The van der Waals surface area contributed by atoms with Gasteiger partial charge in [0.15, 0.2) is 10.9 Å². The molecule has 1 rings (SSSR count). The van der Waals surface area contributed by atoms with Gasteiger partial charge in [0.05, 0.1) is 12.5 Å². The van der Waals surface area contributed by atoms with E-state index in [1.807, 2.05) is 6.07 Å². The zero-order chi connectivity index (χ0) is 10.6. The lowest BCUT2D eigenvalue weighted by molar-refractivity contribution is -0.0505. The first-order chi connectivity index (χ1) is 6.65. The Morgan fingerprint density at radius 2 is 2.36 bits per heavy atom. The Bertz CT molecular complexity index is 365. The lowest BCUT2D eigenvalue weighted by Crippen LogP contribution is -2.05. The SMILES string of the molecule is N#CCc1ccnc(Cl)c1OC(F)F. The molecule has 1 heterocycles. The summed E-state index contributed by atoms with van der Waals surface area (Å²) in [6.07, 6.45) is 1.28. The number of aromatic nitrogens is 1. The highest BCUT2D eigenvalue weighted by atomic mass is 35.5. The molecule has 0 fully saturated rings. The Morgan fingerprint density at radius 3 is 2.93 bits per heavy atom. The molecule has 0 aliphatic carbocycles. The standard InChI is InChI=1S/C8H5ClF2N2O/c9-7-6(14-8(10)11)5(1-3-12)2-4-13-7/h2,4,8H,1H2. The molecule has 0 saturated carbocycles. The molecule has 0 saturated heterocycles. The fraction of sp³-hybridized carbons (Fsp3) is 0.250. The molecule has 14 heavy (non-hydrogen) atoms. The number of halogens is 3. The summed E-state index contributed by atoms with van der Waals surface area (Å²) in [6, 6.07) is 3.22. The molecular weight excluding hydrogens is 214 g/mol. The van der Waals surface area contributed by atoms with E-state index < -0.39 is 6.61 Å². The summed E-state index contributed by atoms with van der Waals surface area (Å²) in [4.78, 5) is 3.57. The Hall–Kier alpha value is -1.41. The lowest BCUT2D eigenvalue weighted by atomic mass is 10.2. The molecule has 0 unspecified atom stereocenters. The zero-order valence-electron chi connectivity index (χ0n) is 6.88. The molecule has 3 nitrogen and oxygen atoms in total. The maximum Gasteiger partial charge on any atom is 0.387 e. The van der Waals surface area contributed by atoms with Gasteiger partial charge in [-0.1, -0.05) is 11.6 Å². The summed E-state index contributed by atoms with van der Waals surface area (Å²) >= 11 is 5.53. The van der Waals surface area contributed by atoms with Crippen LogP contribution in [0.25, 0.3) is 0 Å². The van der Waals surface area contributed by atoms with Crippen LogP contribution in [0.2, 0.25) is 5.15 Å². The second-order valence-electron chi connectivity index (χ2n) is 2.30. The van der Waals surface area contributed by atoms with Crippen LogP contribution >= 0.6 is 11.6 Å². The molecular formula is C8H5ClF2N2O. The van der Waals surface area contributed by atoms with E-state index in [1.54, 1.807) is 0 Å². The van der Waals surface area contributed by atoms with Crippen molar-refractivity contribution in [2.75, 3.05) is 0 Å². The predicted octanol–water partition coefficient (Wildman–Crippen LogP) is 2.40. The maximum absolute atomic E-state index is 11.9. The smallest absolute Gasteiger partial charge is 0.387 e. The molecule has 0 aromatic carbocycles. The average molecular weight is 219 g/mol. The topological polar surface area (TPSA) is 45.9 Å². The van der Waals surface area contributed by atoms with E-state index in [-0.39, 0.29) is 17.3 Å². The van der Waals surface area contributed by atoms with E-state index in [9.17, 15) is 8.78 Å². The molecule has 74 valence electrons. The van der Waals surface area contributed by atoms with Crippen molar-refractivity contribution in [3.8, 4) is 11.8 Å². The van der Waals surface area contributed by atoms with E-state index in [1.165, 1.54) is 12.3 Å². The van der Waals surface area contributed by atoms with Gasteiger partial charge in [-0.05, 0) is 6.07 Å². The van der Waals surface area contributed by atoms with Crippen LogP contribution in [0.3, 0.4) is 0 Å². The van der Waals surface area contributed by atoms with Crippen molar-refractivity contribution in [2.45, 2.75) is 13.0 Å². The Balaban J connectivity index is 3.03. The number of rotatable bonds is 3. The number of alkyl halides is 2. The molecule has 0 spiro atoms. The van der Waals surface area contributed by atoms with Crippen molar-refractivity contribution in [3.05, 3.63) is 23.0 Å². The summed E-state index contributed by atoms with van der Waals surface area (Å²) in [5.74, 6) is -0.231. The molecule has 0 aliphatic heterocycles. The van der Waals surface area contributed by atoms with Crippen LogP contribution in [0.15, 0.2) is 12.3 Å². The minimum absolute atomic E-state index is 0.0513. The second kappa shape index (κ2) is 4.72. The summed E-state index contributed by atoms with van der Waals surface area (Å²) < 4.78 is 28.0. The fourth-order valence-electron chi connectivity index (χ4n) is 0.897. The van der Waals surface area contributed by atoms with Crippen LogP contribution in [0.1, 0.15) is 5.56 Å². The Labute approximate surface area is 83.9 Å². The summed E-state index contributed by atoms with van der Waals surface area (Å²) in [7, 11) is 0. The third-order valence-electron chi connectivity index (χ3n) is 1.42. The van der Waals surface area contributed by atoms with Gasteiger partial charge in [-0.15, -0.1) is 0 Å². The first-order valence-corrected chi connectivity index (χ1v) is 3.98. The Morgan fingerprint density at radius 1 is 1.64 bits per heavy atom. The van der Waals surface area contributed by atoms with Crippen molar-refractivity contribution in [3.63, 3.8) is 0 Å². The largest absolute Gasteiger partial charge is 0.431 e. The molecule has 1 aromatic rings. The molecule has 0 amide bonds. The zero-order valence-corrected chi connectivity index (χ0v) is 7.63. The first kappa shape index (κ1) is 10.7. The molecule has 0 radical (unpaired) electrons. The number of hydrogen-bond acceptors (Lipinski definition) is 3. The average Bonchev–Trinajstić information content (AvgIpc) is 2.11. The van der Waals surface area contributed by atoms with E-state index in [2.05, 4.69) is 9.72 Å². The summed E-state index contributed by atoms with van der Waals surface area (Å²) in [5.41, 5.74) is 0.299. The van der Waals surface area contributed by atoms with Gasteiger partial charge < -0.3 is 4.74 Å². The van der Waals surface area contributed by atoms with Gasteiger partial charge in [0.1, 0.15) is 0 Å². The van der Waals surface area contributed by atoms with Crippen LogP contribution in [0.4, 0.5) is 8.78 Å². The minimum Gasteiger partial charge on any atom is -0.431 e. The fourth-order valence-corrected chi connectivity index (χ4v) is 1.12. The highest BCUT2D eigenvalue weighted by Gasteiger charge is 2.13. The normalized spacial score (nSPS) is 9.93. The number of nitrogens with zero attached hydrogens (tertiary/aromatic N) is 2. The highest BCUT2D eigenvalue weighted by Crippen LogP contribution is 2.28. The van der Waals surface area contributed by atoms with Gasteiger partial charge in [-0.2, -0.15) is 14.0 Å². The van der Waals surface area contributed by atoms with Crippen LogP contribution < -0.4 is 4.74 Å². The van der Waals surface area contributed by atoms with Gasteiger partial charge in [-0.25, -0.2) is 4.98 Å². The number of nitriles is 1. The predicted molar refractivity (Wildman–Crippen MR) is 45.2 cm³/mol. The molecule has 1 aromatic heterocycles. The van der Waals surface area contributed by atoms with Crippen LogP contribution in [-0.4, -0.2) is 11.6 Å². The first-order valence-electron chi connectivity index (χ1n) is 3.60. The maximum atomic E-state index is 11.9. The van der Waals surface area contributed by atoms with Gasteiger partial charge in [0, 0.05) is 11.8 Å². The quantitative estimate of drug-likeness (QED) is 0.732. The van der Waals surface area contributed by atoms with Crippen molar-refractivity contribution >= 4 is 11.6 Å². The van der Waals surface area contributed by atoms with Crippen molar-refractivity contribution in [2.24, 2.45) is 0 Å². The van der Waals surface area contributed by atoms with E-state index >= 15 is 0 Å². The number of hydrogen-bond donors (Lipinski definition) is 0. The number of pyridine rings is 1. The molecule has 0 bridgehead atoms. The monoisotopic (exact) mass is 218 g/mol. The van der Waals surface area contributed by atoms with Gasteiger partial charge >= 0.3 is 6.61 Å². The van der Waals surface area contributed by atoms with Crippen molar-refractivity contribution < 1.29 is 13.5 Å². The minimum atomic E-state index is -2.98.